The van der Waals surface area contributed by atoms with Crippen LogP contribution in [0.25, 0.3) is 10.8 Å². The molecule has 0 aliphatic rings. The summed E-state index contributed by atoms with van der Waals surface area (Å²) in [6.07, 6.45) is 0.480. The van der Waals surface area contributed by atoms with E-state index in [0.717, 1.165) is 9.87 Å². The first-order chi connectivity index (χ1) is 18.1. The largest absolute Gasteiger partial charge is 0.480 e. The predicted octanol–water partition coefficient (Wildman–Crippen LogP) is 6.11. The molecule has 38 heavy (non-hydrogen) atoms. The number of carbonyl (C=O) groups is 2. The molecule has 0 bridgehead atoms. The second kappa shape index (κ2) is 11.2. The van der Waals surface area contributed by atoms with Crippen molar-refractivity contribution in [3.05, 3.63) is 106 Å². The molecular formula is C28H20Cl2N2O5S. The zero-order valence-corrected chi connectivity index (χ0v) is 22.1. The molecular weight excluding hydrogens is 547 g/mol. The van der Waals surface area contributed by atoms with Gasteiger partial charge in [0.1, 0.15) is 6.54 Å². The van der Waals surface area contributed by atoms with Crippen LogP contribution in [0.2, 0.25) is 10.0 Å². The summed E-state index contributed by atoms with van der Waals surface area (Å²) in [5, 5.41) is 19.9. The fourth-order valence-electron chi connectivity index (χ4n) is 4.21. The number of fused-ring (bicyclic) bond motifs is 1. The van der Waals surface area contributed by atoms with E-state index in [-0.39, 0.29) is 32.8 Å². The van der Waals surface area contributed by atoms with Crippen molar-refractivity contribution in [3.63, 3.8) is 0 Å². The summed E-state index contributed by atoms with van der Waals surface area (Å²) in [6, 6.07) is 22.5. The van der Waals surface area contributed by atoms with E-state index in [1.54, 1.807) is 54.6 Å². The Morgan fingerprint density at radius 3 is 2.24 bits per heavy atom. The minimum absolute atomic E-state index is 0.0788. The third-order valence-electron chi connectivity index (χ3n) is 5.93. The van der Waals surface area contributed by atoms with Crippen molar-refractivity contribution in [1.82, 2.24) is 0 Å². The van der Waals surface area contributed by atoms with E-state index < -0.39 is 22.5 Å². The Bertz CT molecular complexity index is 1690. The maximum Gasteiger partial charge on any atom is 0.324 e. The number of nitriles is 1. The number of hydrogen-bond acceptors (Lipinski definition) is 5. The van der Waals surface area contributed by atoms with Crippen LogP contribution in [0, 0.1) is 11.3 Å². The Hall–Kier alpha value is -3.90. The first-order valence-electron chi connectivity index (χ1n) is 11.4. The van der Waals surface area contributed by atoms with Crippen LogP contribution in [-0.4, -0.2) is 31.8 Å². The summed E-state index contributed by atoms with van der Waals surface area (Å²) < 4.78 is 28.0. The lowest BCUT2D eigenvalue weighted by atomic mass is 9.95. The van der Waals surface area contributed by atoms with Crippen molar-refractivity contribution in [2.75, 3.05) is 10.8 Å². The van der Waals surface area contributed by atoms with E-state index >= 15 is 0 Å². The van der Waals surface area contributed by atoms with Crippen LogP contribution in [0.1, 0.15) is 27.9 Å². The van der Waals surface area contributed by atoms with E-state index in [1.165, 1.54) is 24.3 Å². The first-order valence-corrected chi connectivity index (χ1v) is 13.5. The first kappa shape index (κ1) is 27.1. The molecule has 0 radical (unpaired) electrons. The molecule has 7 nitrogen and oxygen atoms in total. The Balaban J connectivity index is 1.77. The number of anilines is 1. The number of carbonyl (C=O) groups excluding carboxylic acids is 1. The van der Waals surface area contributed by atoms with Crippen LogP contribution < -0.4 is 4.31 Å². The SMILES string of the molecule is N#Cc1ccccc1CCC(=O)c1cccc2c(N(CC(=O)O)S(=O)(=O)c3cc(Cl)cc(Cl)c3)cccc12. The van der Waals surface area contributed by atoms with Crippen LogP contribution in [0.3, 0.4) is 0 Å². The van der Waals surface area contributed by atoms with Crippen LogP contribution in [0.15, 0.2) is 83.8 Å². The maximum atomic E-state index is 13.6. The number of carboxylic acids is 1. The minimum Gasteiger partial charge on any atom is -0.480 e. The van der Waals surface area contributed by atoms with Gasteiger partial charge >= 0.3 is 5.97 Å². The highest BCUT2D eigenvalue weighted by atomic mass is 35.5. The second-order valence-electron chi connectivity index (χ2n) is 8.38. The number of hydrogen-bond donors (Lipinski definition) is 1. The third kappa shape index (κ3) is 5.65. The van der Waals surface area contributed by atoms with Gasteiger partial charge in [0.15, 0.2) is 5.78 Å². The number of benzene rings is 4. The van der Waals surface area contributed by atoms with Crippen LogP contribution in [0.4, 0.5) is 5.69 Å². The van der Waals surface area contributed by atoms with Crippen LogP contribution >= 0.6 is 23.2 Å². The number of nitrogens with zero attached hydrogens (tertiary/aromatic N) is 2. The lowest BCUT2D eigenvalue weighted by Gasteiger charge is -2.25. The van der Waals surface area contributed by atoms with E-state index in [9.17, 15) is 28.4 Å². The van der Waals surface area contributed by atoms with E-state index in [2.05, 4.69) is 6.07 Å². The molecule has 0 atom stereocenters. The fourth-order valence-corrected chi connectivity index (χ4v) is 6.37. The molecule has 4 aromatic carbocycles. The van der Waals surface area contributed by atoms with Crippen molar-refractivity contribution in [2.24, 2.45) is 0 Å². The van der Waals surface area contributed by atoms with Crippen LogP contribution in [0.5, 0.6) is 0 Å². The zero-order chi connectivity index (χ0) is 27.4. The molecule has 1 N–H and O–H groups in total. The normalized spacial score (nSPS) is 11.2. The fraction of sp³-hybridized carbons (Fsp3) is 0.107. The van der Waals surface area contributed by atoms with Crippen molar-refractivity contribution in [3.8, 4) is 6.07 Å². The number of aliphatic carboxylic acids is 1. The molecule has 0 heterocycles. The summed E-state index contributed by atoms with van der Waals surface area (Å²) in [6.45, 7) is -0.866. The predicted molar refractivity (Wildman–Crippen MR) is 146 cm³/mol. The molecule has 0 amide bonds. The van der Waals surface area contributed by atoms with Gasteiger partial charge in [-0.05, 0) is 47.7 Å². The van der Waals surface area contributed by atoms with Gasteiger partial charge in [-0.1, -0.05) is 71.7 Å². The zero-order valence-electron chi connectivity index (χ0n) is 19.8. The van der Waals surface area contributed by atoms with Crippen molar-refractivity contribution < 1.29 is 23.1 Å². The highest BCUT2D eigenvalue weighted by Crippen LogP contribution is 2.34. The number of carboxylic acid groups (broad SMARTS) is 1. The average molecular weight is 567 g/mol. The lowest BCUT2D eigenvalue weighted by Crippen LogP contribution is -2.36. The molecule has 0 aliphatic carbocycles. The van der Waals surface area contributed by atoms with Gasteiger partial charge in [0.2, 0.25) is 0 Å². The Morgan fingerprint density at radius 1 is 0.895 bits per heavy atom. The van der Waals surface area contributed by atoms with Gasteiger partial charge in [0.25, 0.3) is 10.0 Å². The summed E-state index contributed by atoms with van der Waals surface area (Å²) in [7, 11) is -4.40. The van der Waals surface area contributed by atoms with Crippen molar-refractivity contribution >= 4 is 61.4 Å². The number of rotatable bonds is 9. The van der Waals surface area contributed by atoms with Gasteiger partial charge in [-0.25, -0.2) is 8.42 Å². The number of Topliss-reactive ketones (excluding diaryl/α,β-unsaturated/α-hetero) is 1. The van der Waals surface area contributed by atoms with Gasteiger partial charge in [-0.2, -0.15) is 5.26 Å². The molecule has 192 valence electrons. The summed E-state index contributed by atoms with van der Waals surface area (Å²) in [5.41, 5.74) is 1.70. The molecule has 4 rings (SSSR count). The van der Waals surface area contributed by atoms with Crippen molar-refractivity contribution in [2.45, 2.75) is 17.7 Å². The minimum atomic E-state index is -4.40. The highest BCUT2D eigenvalue weighted by Gasteiger charge is 2.29. The molecule has 0 spiro atoms. The second-order valence-corrected chi connectivity index (χ2v) is 11.1. The smallest absolute Gasteiger partial charge is 0.324 e. The van der Waals surface area contributed by atoms with E-state index in [0.29, 0.717) is 28.3 Å². The maximum absolute atomic E-state index is 13.6. The van der Waals surface area contributed by atoms with Gasteiger partial charge in [0.05, 0.1) is 22.2 Å². The number of ketones is 1. The van der Waals surface area contributed by atoms with Gasteiger partial charge in [-0.15, -0.1) is 0 Å². The van der Waals surface area contributed by atoms with Gasteiger partial charge in [0, 0.05) is 27.4 Å². The Kier molecular flexibility index (Phi) is 8.02. The molecule has 0 fully saturated rings. The highest BCUT2D eigenvalue weighted by molar-refractivity contribution is 7.92. The van der Waals surface area contributed by atoms with E-state index in [1.807, 2.05) is 0 Å². The lowest BCUT2D eigenvalue weighted by molar-refractivity contribution is -0.135. The molecule has 0 unspecified atom stereocenters. The monoisotopic (exact) mass is 566 g/mol. The Morgan fingerprint density at radius 2 is 1.55 bits per heavy atom. The van der Waals surface area contributed by atoms with Gasteiger partial charge in [-0.3, -0.25) is 13.9 Å². The summed E-state index contributed by atoms with van der Waals surface area (Å²) in [4.78, 5) is 24.7. The molecule has 0 saturated carbocycles. The van der Waals surface area contributed by atoms with E-state index in [4.69, 9.17) is 23.2 Å². The molecule has 10 heteroatoms. The number of sulfonamides is 1. The molecule has 0 saturated heterocycles. The Labute approximate surface area is 229 Å². The average Bonchev–Trinajstić information content (AvgIpc) is 2.89. The van der Waals surface area contributed by atoms with Crippen LogP contribution in [-0.2, 0) is 21.2 Å². The summed E-state index contributed by atoms with van der Waals surface area (Å²) in [5.74, 6) is -1.57. The molecule has 0 aromatic heterocycles. The van der Waals surface area contributed by atoms with Crippen molar-refractivity contribution in [1.29, 1.82) is 5.26 Å². The number of aryl methyl sites for hydroxylation is 1. The number of halogens is 2. The topological polar surface area (TPSA) is 116 Å². The molecule has 0 aliphatic heterocycles. The third-order valence-corrected chi connectivity index (χ3v) is 8.10. The standard InChI is InChI=1S/C28H20Cl2N2O5S/c29-20-13-21(30)15-22(14-20)38(36,37)32(17-28(34)35)26-10-4-7-23-24(26)8-3-9-25(23)27(33)12-11-18-5-1-2-6-19(18)16-31/h1-10,13-15H,11-12,17H2,(H,34,35). The quantitative estimate of drug-likeness (QED) is 0.244. The summed E-state index contributed by atoms with van der Waals surface area (Å²) >= 11 is 12.0. The van der Waals surface area contributed by atoms with Gasteiger partial charge < -0.3 is 5.11 Å². The molecule has 4 aromatic rings.